The molecule has 2 aromatic rings. The number of pyridine rings is 1. The number of nitrogens with zero attached hydrogens (tertiary/aromatic N) is 5. The number of hydrogen-bond donors (Lipinski definition) is 2. The second kappa shape index (κ2) is 11.3. The average Bonchev–Trinajstić information content (AvgIpc) is 2.89. The molecular weight excluding hydrogens is 432 g/mol. The van der Waals surface area contributed by atoms with E-state index in [1.165, 1.54) is 0 Å². The van der Waals surface area contributed by atoms with Crippen LogP contribution in [0.4, 0.5) is 11.5 Å². The van der Waals surface area contributed by atoms with Gasteiger partial charge in [-0.2, -0.15) is 0 Å². The number of anilines is 2. The highest BCUT2D eigenvalue weighted by Gasteiger charge is 2.25. The summed E-state index contributed by atoms with van der Waals surface area (Å²) in [5.74, 6) is 0.906. The standard InChI is InChI=1S/C25H34N6O3/c1-2-26-22-4-3-9-27-23(22)29-14-16-31(17-15-29)25(34)21-7-5-20(6-8-21)24(33)30-12-10-28(11-13-30)18-19-32/h3-9,26,32H,2,10-19H2,1H3. The van der Waals surface area contributed by atoms with Gasteiger partial charge in [-0.05, 0) is 43.3 Å². The minimum Gasteiger partial charge on any atom is -0.395 e. The molecule has 9 heteroatoms. The van der Waals surface area contributed by atoms with Gasteiger partial charge in [-0.25, -0.2) is 4.98 Å². The molecule has 0 saturated carbocycles. The van der Waals surface area contributed by atoms with Crippen molar-refractivity contribution in [3.05, 3.63) is 53.7 Å². The number of aromatic nitrogens is 1. The number of carbonyl (C=O) groups is 2. The van der Waals surface area contributed by atoms with Crippen LogP contribution in [0.1, 0.15) is 27.6 Å². The molecule has 0 unspecified atom stereocenters. The van der Waals surface area contributed by atoms with E-state index in [0.717, 1.165) is 44.2 Å². The molecule has 1 aromatic carbocycles. The van der Waals surface area contributed by atoms with Crippen LogP contribution in [0, 0.1) is 0 Å². The number of piperazine rings is 2. The van der Waals surface area contributed by atoms with Crippen molar-refractivity contribution in [1.82, 2.24) is 19.7 Å². The largest absolute Gasteiger partial charge is 0.395 e. The molecule has 0 atom stereocenters. The molecule has 2 N–H and O–H groups in total. The third-order valence-corrected chi connectivity index (χ3v) is 6.47. The molecule has 2 fully saturated rings. The minimum absolute atomic E-state index is 0.0100. The van der Waals surface area contributed by atoms with Crippen molar-refractivity contribution in [2.24, 2.45) is 0 Å². The molecule has 0 bridgehead atoms. The Morgan fingerprint density at radius 2 is 1.44 bits per heavy atom. The summed E-state index contributed by atoms with van der Waals surface area (Å²) >= 11 is 0. The summed E-state index contributed by atoms with van der Waals surface area (Å²) in [6, 6.07) is 11.0. The van der Waals surface area contributed by atoms with E-state index in [1.807, 2.05) is 21.9 Å². The summed E-state index contributed by atoms with van der Waals surface area (Å²) in [5.41, 5.74) is 2.21. The van der Waals surface area contributed by atoms with Crippen LogP contribution >= 0.6 is 0 Å². The predicted octanol–water partition coefficient (Wildman–Crippen LogP) is 1.23. The van der Waals surface area contributed by atoms with Gasteiger partial charge in [0.2, 0.25) is 0 Å². The van der Waals surface area contributed by atoms with Gasteiger partial charge in [-0.1, -0.05) is 0 Å². The molecule has 2 amide bonds. The smallest absolute Gasteiger partial charge is 0.253 e. The fraction of sp³-hybridized carbons (Fsp3) is 0.480. The lowest BCUT2D eigenvalue weighted by molar-refractivity contribution is 0.0614. The van der Waals surface area contributed by atoms with E-state index in [4.69, 9.17) is 5.11 Å². The van der Waals surface area contributed by atoms with Crippen LogP contribution in [-0.2, 0) is 0 Å². The lowest BCUT2D eigenvalue weighted by Crippen LogP contribution is -2.49. The monoisotopic (exact) mass is 466 g/mol. The molecule has 4 rings (SSSR count). The molecule has 2 aliphatic rings. The lowest BCUT2D eigenvalue weighted by atomic mass is 10.1. The first-order valence-electron chi connectivity index (χ1n) is 12.1. The number of β-amino-alcohol motifs (C(OH)–C–C–N with tert-alkyl or cyclic N) is 1. The highest BCUT2D eigenvalue weighted by molar-refractivity contribution is 5.98. The van der Waals surface area contributed by atoms with Crippen LogP contribution in [0.25, 0.3) is 0 Å². The van der Waals surface area contributed by atoms with Crippen molar-refractivity contribution in [2.75, 3.05) is 82.3 Å². The molecule has 3 heterocycles. The second-order valence-electron chi connectivity index (χ2n) is 8.62. The Morgan fingerprint density at radius 1 is 0.882 bits per heavy atom. The van der Waals surface area contributed by atoms with Gasteiger partial charge in [-0.15, -0.1) is 0 Å². The summed E-state index contributed by atoms with van der Waals surface area (Å²) in [6.07, 6.45) is 1.80. The maximum Gasteiger partial charge on any atom is 0.253 e. The van der Waals surface area contributed by atoms with Crippen molar-refractivity contribution >= 4 is 23.3 Å². The molecule has 0 spiro atoms. The van der Waals surface area contributed by atoms with Crippen molar-refractivity contribution in [1.29, 1.82) is 0 Å². The zero-order valence-electron chi connectivity index (χ0n) is 19.8. The summed E-state index contributed by atoms with van der Waals surface area (Å²) in [6.45, 7) is 9.20. The first-order chi connectivity index (χ1) is 16.6. The molecular formula is C25H34N6O3. The van der Waals surface area contributed by atoms with Crippen LogP contribution in [-0.4, -0.2) is 109 Å². The van der Waals surface area contributed by atoms with Crippen molar-refractivity contribution < 1.29 is 14.7 Å². The van der Waals surface area contributed by atoms with Gasteiger partial charge in [0.25, 0.3) is 11.8 Å². The molecule has 34 heavy (non-hydrogen) atoms. The summed E-state index contributed by atoms with van der Waals surface area (Å²) < 4.78 is 0. The van der Waals surface area contributed by atoms with E-state index in [1.54, 1.807) is 30.5 Å². The van der Waals surface area contributed by atoms with Crippen LogP contribution in [0.2, 0.25) is 0 Å². The number of carbonyl (C=O) groups excluding carboxylic acids is 2. The first kappa shape index (κ1) is 24.0. The highest BCUT2D eigenvalue weighted by Crippen LogP contribution is 2.24. The Bertz CT molecular complexity index is 967. The Balaban J connectivity index is 1.32. The highest BCUT2D eigenvalue weighted by atomic mass is 16.3. The van der Waals surface area contributed by atoms with Gasteiger partial charge < -0.3 is 25.1 Å². The van der Waals surface area contributed by atoms with Gasteiger partial charge in [0.1, 0.15) is 0 Å². The Kier molecular flexibility index (Phi) is 7.97. The maximum absolute atomic E-state index is 13.1. The van der Waals surface area contributed by atoms with Crippen LogP contribution in [0.5, 0.6) is 0 Å². The van der Waals surface area contributed by atoms with Gasteiger partial charge in [-0.3, -0.25) is 14.5 Å². The van der Waals surface area contributed by atoms with E-state index in [-0.39, 0.29) is 18.4 Å². The Labute approximate surface area is 201 Å². The molecule has 1 aromatic heterocycles. The molecule has 182 valence electrons. The van der Waals surface area contributed by atoms with Crippen molar-refractivity contribution in [2.45, 2.75) is 6.92 Å². The number of amides is 2. The molecule has 0 radical (unpaired) electrons. The predicted molar refractivity (Wildman–Crippen MR) is 132 cm³/mol. The van der Waals surface area contributed by atoms with Gasteiger partial charge >= 0.3 is 0 Å². The normalized spacial score (nSPS) is 17.1. The number of nitrogens with one attached hydrogen (secondary N) is 1. The zero-order chi connectivity index (χ0) is 23.9. The zero-order valence-corrected chi connectivity index (χ0v) is 19.8. The van der Waals surface area contributed by atoms with Crippen LogP contribution < -0.4 is 10.2 Å². The molecule has 2 aliphatic heterocycles. The lowest BCUT2D eigenvalue weighted by Gasteiger charge is -2.36. The third kappa shape index (κ3) is 5.48. The van der Waals surface area contributed by atoms with E-state index >= 15 is 0 Å². The van der Waals surface area contributed by atoms with Gasteiger partial charge in [0.15, 0.2) is 5.82 Å². The van der Waals surface area contributed by atoms with Crippen molar-refractivity contribution in [3.63, 3.8) is 0 Å². The van der Waals surface area contributed by atoms with Gasteiger partial charge in [0, 0.05) is 82.8 Å². The van der Waals surface area contributed by atoms with E-state index in [9.17, 15) is 9.59 Å². The maximum atomic E-state index is 13.1. The fourth-order valence-electron chi connectivity index (χ4n) is 4.54. The SMILES string of the molecule is CCNc1cccnc1N1CCN(C(=O)c2ccc(C(=O)N3CCN(CCO)CC3)cc2)CC1. The number of aliphatic hydroxyl groups is 1. The van der Waals surface area contributed by atoms with Gasteiger partial charge in [0.05, 0.1) is 12.3 Å². The number of rotatable bonds is 7. The summed E-state index contributed by atoms with van der Waals surface area (Å²) in [5, 5.41) is 12.4. The number of hydrogen-bond acceptors (Lipinski definition) is 7. The fourth-order valence-corrected chi connectivity index (χ4v) is 4.54. The molecule has 9 nitrogen and oxygen atoms in total. The quantitative estimate of drug-likeness (QED) is 0.634. The average molecular weight is 467 g/mol. The Hall–Kier alpha value is -3.17. The molecule has 2 saturated heterocycles. The third-order valence-electron chi connectivity index (χ3n) is 6.47. The first-order valence-corrected chi connectivity index (χ1v) is 12.1. The van der Waals surface area contributed by atoms with E-state index in [0.29, 0.717) is 43.9 Å². The second-order valence-corrected chi connectivity index (χ2v) is 8.62. The van der Waals surface area contributed by atoms with E-state index in [2.05, 4.69) is 27.0 Å². The number of aliphatic hydroxyl groups excluding tert-OH is 1. The van der Waals surface area contributed by atoms with Crippen LogP contribution in [0.15, 0.2) is 42.6 Å². The summed E-state index contributed by atoms with van der Waals surface area (Å²) in [7, 11) is 0. The van der Waals surface area contributed by atoms with Crippen LogP contribution in [0.3, 0.4) is 0 Å². The number of benzene rings is 1. The van der Waals surface area contributed by atoms with Crippen molar-refractivity contribution in [3.8, 4) is 0 Å². The minimum atomic E-state index is -0.0110. The Morgan fingerprint density at radius 3 is 1.97 bits per heavy atom. The van der Waals surface area contributed by atoms with E-state index < -0.39 is 0 Å². The molecule has 0 aliphatic carbocycles. The summed E-state index contributed by atoms with van der Waals surface area (Å²) in [4.78, 5) is 38.5. The topological polar surface area (TPSA) is 92.2 Å².